The maximum absolute atomic E-state index is 13.6. The second-order valence-electron chi connectivity index (χ2n) is 9.02. The summed E-state index contributed by atoms with van der Waals surface area (Å²) in [6, 6.07) is 17.6. The Morgan fingerprint density at radius 1 is 0.943 bits per heavy atom. The van der Waals surface area contributed by atoms with Crippen molar-refractivity contribution in [3.8, 4) is 0 Å². The highest BCUT2D eigenvalue weighted by molar-refractivity contribution is 7.89. The number of sulfonamides is 1. The van der Waals surface area contributed by atoms with Gasteiger partial charge in [0.2, 0.25) is 15.9 Å². The number of hydrogen-bond donors (Lipinski definition) is 0. The van der Waals surface area contributed by atoms with Gasteiger partial charge in [0.15, 0.2) is 0 Å². The fourth-order valence-electron chi connectivity index (χ4n) is 4.10. The molecule has 1 unspecified atom stereocenters. The molecule has 1 atom stereocenters. The second kappa shape index (κ2) is 9.71. The minimum absolute atomic E-state index is 0.107. The third kappa shape index (κ3) is 5.04. The van der Waals surface area contributed by atoms with Crippen LogP contribution in [0.3, 0.4) is 0 Å². The Balaban J connectivity index is 1.72. The number of carbonyl (C=O) groups excluding carboxylic acids is 2. The molecule has 182 valence electrons. The van der Waals surface area contributed by atoms with Crippen molar-refractivity contribution in [2.45, 2.75) is 50.6 Å². The van der Waals surface area contributed by atoms with Crippen LogP contribution in [-0.2, 0) is 26.2 Å². The van der Waals surface area contributed by atoms with Gasteiger partial charge in [-0.3, -0.25) is 9.59 Å². The molecule has 1 fully saturated rings. The zero-order valence-electron chi connectivity index (χ0n) is 19.8. The van der Waals surface area contributed by atoms with Gasteiger partial charge in [-0.25, -0.2) is 17.7 Å². The zero-order valence-corrected chi connectivity index (χ0v) is 20.6. The van der Waals surface area contributed by atoms with Crippen LogP contribution in [0.15, 0.2) is 77.7 Å². The maximum atomic E-state index is 13.6. The topological polar surface area (TPSA) is 74.8 Å². The van der Waals surface area contributed by atoms with Crippen molar-refractivity contribution >= 4 is 27.5 Å². The van der Waals surface area contributed by atoms with Gasteiger partial charge in [0.1, 0.15) is 11.9 Å². The van der Waals surface area contributed by atoms with Gasteiger partial charge in [-0.05, 0) is 60.4 Å². The second-order valence-corrected chi connectivity index (χ2v) is 10.9. The fourth-order valence-corrected chi connectivity index (χ4v) is 5.67. The van der Waals surface area contributed by atoms with E-state index in [1.165, 1.54) is 0 Å². The summed E-state index contributed by atoms with van der Waals surface area (Å²) in [7, 11) is -4.22. The van der Waals surface area contributed by atoms with E-state index in [1.807, 2.05) is 45.0 Å². The molecule has 3 aromatic carbocycles. The smallest absolute Gasteiger partial charge is 0.252 e. The molecule has 0 radical (unpaired) electrons. The molecule has 1 aliphatic heterocycles. The van der Waals surface area contributed by atoms with Gasteiger partial charge in [0.25, 0.3) is 5.91 Å². The summed E-state index contributed by atoms with van der Waals surface area (Å²) in [5.41, 5.74) is 3.14. The lowest BCUT2D eigenvalue weighted by Crippen LogP contribution is -2.45. The van der Waals surface area contributed by atoms with Gasteiger partial charge >= 0.3 is 0 Å². The number of imide groups is 1. The molecule has 0 aliphatic carbocycles. The summed E-state index contributed by atoms with van der Waals surface area (Å²) in [4.78, 5) is 27.4. The number of amides is 2. The monoisotopic (exact) mass is 494 g/mol. The molecule has 0 aromatic heterocycles. The van der Waals surface area contributed by atoms with Gasteiger partial charge in [-0.1, -0.05) is 55.8 Å². The van der Waals surface area contributed by atoms with Crippen LogP contribution in [0.25, 0.3) is 0 Å². The van der Waals surface area contributed by atoms with Gasteiger partial charge in [-0.2, -0.15) is 4.31 Å². The van der Waals surface area contributed by atoms with Gasteiger partial charge in [0, 0.05) is 6.54 Å². The summed E-state index contributed by atoms with van der Waals surface area (Å²) in [6.45, 7) is 5.89. The third-order valence-electron chi connectivity index (χ3n) is 6.17. The van der Waals surface area contributed by atoms with Crippen molar-refractivity contribution in [3.63, 3.8) is 0 Å². The number of rotatable bonds is 7. The molecule has 4 rings (SSSR count). The van der Waals surface area contributed by atoms with Gasteiger partial charge < -0.3 is 0 Å². The van der Waals surface area contributed by atoms with Crippen LogP contribution in [0, 0.1) is 12.7 Å². The van der Waals surface area contributed by atoms with Crippen LogP contribution in [0.1, 0.15) is 42.9 Å². The first-order valence-corrected chi connectivity index (χ1v) is 12.8. The lowest BCUT2D eigenvalue weighted by Gasteiger charge is -2.27. The molecule has 6 nitrogen and oxygen atoms in total. The quantitative estimate of drug-likeness (QED) is 0.443. The van der Waals surface area contributed by atoms with Crippen LogP contribution in [0.5, 0.6) is 0 Å². The molecule has 0 bridgehead atoms. The molecule has 0 spiro atoms. The summed E-state index contributed by atoms with van der Waals surface area (Å²) in [6.07, 6.45) is -0.281. The van der Waals surface area contributed by atoms with Crippen LogP contribution < -0.4 is 4.90 Å². The molecule has 0 saturated carbocycles. The number of benzene rings is 3. The van der Waals surface area contributed by atoms with Crippen LogP contribution in [0.4, 0.5) is 10.1 Å². The van der Waals surface area contributed by atoms with Crippen molar-refractivity contribution in [1.82, 2.24) is 4.31 Å². The molecular formula is C27H27FN2O4S. The Morgan fingerprint density at radius 2 is 1.54 bits per heavy atom. The average molecular weight is 495 g/mol. The molecule has 3 aromatic rings. The van der Waals surface area contributed by atoms with Crippen molar-refractivity contribution in [2.24, 2.45) is 0 Å². The van der Waals surface area contributed by atoms with E-state index in [4.69, 9.17) is 0 Å². The van der Waals surface area contributed by atoms with E-state index >= 15 is 0 Å². The van der Waals surface area contributed by atoms with E-state index in [0.29, 0.717) is 11.3 Å². The average Bonchev–Trinajstić information content (AvgIpc) is 3.12. The van der Waals surface area contributed by atoms with Crippen molar-refractivity contribution in [1.29, 1.82) is 0 Å². The van der Waals surface area contributed by atoms with Crippen LogP contribution in [0.2, 0.25) is 0 Å². The lowest BCUT2D eigenvalue weighted by molar-refractivity contribution is -0.122. The number of carbonyl (C=O) groups is 2. The fraction of sp³-hybridized carbons (Fsp3) is 0.259. The Bertz CT molecular complexity index is 1340. The molecule has 0 N–H and O–H groups in total. The van der Waals surface area contributed by atoms with Crippen molar-refractivity contribution in [2.75, 3.05) is 4.90 Å². The minimum Gasteiger partial charge on any atom is -0.274 e. The molecule has 1 heterocycles. The Labute approximate surface area is 205 Å². The molecule has 1 aliphatic rings. The highest BCUT2D eigenvalue weighted by Gasteiger charge is 2.47. The highest BCUT2D eigenvalue weighted by Crippen LogP contribution is 2.31. The number of aryl methyl sites for hydroxylation is 1. The number of halogens is 1. The SMILES string of the molecule is Cc1ccc(CN(C2CC(=O)N(c3ccc(C(C)C)cc3)C2=O)S(=O)(=O)c2ccc(F)cc2)cc1. The van der Waals surface area contributed by atoms with E-state index in [0.717, 1.165) is 44.6 Å². The first-order chi connectivity index (χ1) is 16.6. The predicted molar refractivity (Wildman–Crippen MR) is 132 cm³/mol. The molecule has 35 heavy (non-hydrogen) atoms. The van der Waals surface area contributed by atoms with Crippen molar-refractivity contribution in [3.05, 3.63) is 95.3 Å². The van der Waals surface area contributed by atoms with Gasteiger partial charge in [-0.15, -0.1) is 0 Å². The maximum Gasteiger partial charge on any atom is 0.252 e. The van der Waals surface area contributed by atoms with E-state index < -0.39 is 33.7 Å². The molecular weight excluding hydrogens is 467 g/mol. The van der Waals surface area contributed by atoms with E-state index in [9.17, 15) is 22.4 Å². The number of anilines is 1. The first-order valence-electron chi connectivity index (χ1n) is 11.4. The van der Waals surface area contributed by atoms with Crippen LogP contribution >= 0.6 is 0 Å². The number of hydrogen-bond acceptors (Lipinski definition) is 4. The van der Waals surface area contributed by atoms with Crippen LogP contribution in [-0.4, -0.2) is 30.6 Å². The summed E-state index contributed by atoms with van der Waals surface area (Å²) >= 11 is 0. The third-order valence-corrected chi connectivity index (χ3v) is 8.04. The summed E-state index contributed by atoms with van der Waals surface area (Å²) < 4.78 is 41.8. The zero-order chi connectivity index (χ0) is 25.3. The summed E-state index contributed by atoms with van der Waals surface area (Å²) in [5, 5.41) is 0. The highest BCUT2D eigenvalue weighted by atomic mass is 32.2. The van der Waals surface area contributed by atoms with E-state index in [1.54, 1.807) is 24.3 Å². The lowest BCUT2D eigenvalue weighted by atomic mass is 10.0. The standard InChI is InChI=1S/C27H27FN2O4S/c1-18(2)21-8-12-23(13-9-21)30-26(31)16-25(27(30)32)29(17-20-6-4-19(3)5-7-20)35(33,34)24-14-10-22(28)11-15-24/h4-15,18,25H,16-17H2,1-3H3. The minimum atomic E-state index is -4.22. The van der Waals surface area contributed by atoms with Gasteiger partial charge in [0.05, 0.1) is 17.0 Å². The molecule has 2 amide bonds. The Hall–Kier alpha value is -3.36. The Kier molecular flexibility index (Phi) is 6.87. The first kappa shape index (κ1) is 24.8. The normalized spacial score (nSPS) is 16.5. The largest absolute Gasteiger partial charge is 0.274 e. The van der Waals surface area contributed by atoms with E-state index in [2.05, 4.69) is 0 Å². The predicted octanol–water partition coefficient (Wildman–Crippen LogP) is 4.78. The van der Waals surface area contributed by atoms with Crippen molar-refractivity contribution < 1.29 is 22.4 Å². The van der Waals surface area contributed by atoms with E-state index in [-0.39, 0.29) is 23.8 Å². The number of nitrogens with zero attached hydrogens (tertiary/aromatic N) is 2. The molecule has 8 heteroatoms. The Morgan fingerprint density at radius 3 is 2.11 bits per heavy atom. The molecule has 1 saturated heterocycles. The summed E-state index contributed by atoms with van der Waals surface area (Å²) in [5.74, 6) is -1.37.